The second-order valence-electron chi connectivity index (χ2n) is 5.86. The Kier molecular flexibility index (Phi) is 8.79. The van der Waals surface area contributed by atoms with Crippen LogP contribution >= 0.6 is 0 Å². The van der Waals surface area contributed by atoms with E-state index >= 15 is 0 Å². The van der Waals surface area contributed by atoms with Crippen molar-refractivity contribution in [1.29, 1.82) is 0 Å². The van der Waals surface area contributed by atoms with Crippen LogP contribution in [-0.2, 0) is 16.9 Å². The summed E-state index contributed by atoms with van der Waals surface area (Å²) in [7, 11) is 1.35. The Morgan fingerprint density at radius 1 is 1.12 bits per heavy atom. The minimum absolute atomic E-state index is 0. The molecule has 2 rings (SSSR count). The predicted octanol–water partition coefficient (Wildman–Crippen LogP) is 1.18. The van der Waals surface area contributed by atoms with Gasteiger partial charge >= 0.3 is 35.5 Å². The first kappa shape index (κ1) is 21.8. The summed E-state index contributed by atoms with van der Waals surface area (Å²) in [4.78, 5) is 11.4. The number of aliphatic hydroxyl groups is 2. The van der Waals surface area contributed by atoms with Gasteiger partial charge in [0, 0.05) is 11.6 Å². The van der Waals surface area contributed by atoms with Crippen LogP contribution in [0.15, 0.2) is 54.6 Å². The number of hydrogen-bond donors (Lipinski definition) is 3. The molecule has 0 aromatic heterocycles. The molecule has 3 N–H and O–H groups in total. The van der Waals surface area contributed by atoms with E-state index in [0.717, 1.165) is 5.56 Å². The molecule has 130 valence electrons. The maximum atomic E-state index is 11.4. The summed E-state index contributed by atoms with van der Waals surface area (Å²) in [5.74, 6) is -2.27. The van der Waals surface area contributed by atoms with Crippen molar-refractivity contribution in [2.75, 3.05) is 13.7 Å². The molecule has 6 heteroatoms. The van der Waals surface area contributed by atoms with Crippen molar-refractivity contribution in [3.63, 3.8) is 0 Å². The molecule has 0 fully saturated rings. The number of methoxy groups -OCH3 is 1. The second-order valence-corrected chi connectivity index (χ2v) is 5.86. The molecular formula is C19H24NNaO4. The zero-order chi connectivity index (χ0) is 17.6. The van der Waals surface area contributed by atoms with Gasteiger partial charge in [-0.05, 0) is 31.0 Å². The van der Waals surface area contributed by atoms with Crippen LogP contribution in [0.25, 0.3) is 0 Å². The molecule has 2 aromatic carbocycles. The van der Waals surface area contributed by atoms with Gasteiger partial charge in [0.15, 0.2) is 0 Å². The fourth-order valence-electron chi connectivity index (χ4n) is 2.44. The number of carbonyl (C=O) groups is 1. The van der Waals surface area contributed by atoms with Gasteiger partial charge < -0.3 is 20.3 Å². The summed E-state index contributed by atoms with van der Waals surface area (Å²) in [6.45, 7) is 1.99. The molecule has 2 aromatic rings. The van der Waals surface area contributed by atoms with Gasteiger partial charge in [0.05, 0.1) is 19.2 Å². The van der Waals surface area contributed by atoms with Crippen molar-refractivity contribution in [2.24, 2.45) is 0 Å². The van der Waals surface area contributed by atoms with Gasteiger partial charge in [-0.15, -0.1) is 0 Å². The monoisotopic (exact) mass is 353 g/mol. The molecule has 0 aliphatic carbocycles. The molecule has 0 bridgehead atoms. The van der Waals surface area contributed by atoms with E-state index in [0.29, 0.717) is 17.5 Å². The Hall–Kier alpha value is -1.21. The Balaban J connectivity index is 0.00000312. The normalized spacial score (nSPS) is 12.2. The first-order chi connectivity index (χ1) is 11.4. The van der Waals surface area contributed by atoms with Crippen LogP contribution in [0.1, 0.15) is 28.4 Å². The number of esters is 1. The molecule has 5 nitrogen and oxygen atoms in total. The van der Waals surface area contributed by atoms with Crippen LogP contribution in [0.3, 0.4) is 0 Å². The Bertz CT molecular complexity index is 659. The molecule has 0 saturated heterocycles. The number of benzene rings is 2. The summed E-state index contributed by atoms with van der Waals surface area (Å²) in [5.41, 5.74) is 2.01. The number of nitrogens with one attached hydrogen (secondary N) is 1. The third kappa shape index (κ3) is 6.55. The van der Waals surface area contributed by atoms with Gasteiger partial charge in [0.25, 0.3) is 0 Å². The van der Waals surface area contributed by atoms with Crippen molar-refractivity contribution >= 4 is 35.5 Å². The van der Waals surface area contributed by atoms with Gasteiger partial charge in [0.2, 0.25) is 5.79 Å². The molecule has 0 amide bonds. The van der Waals surface area contributed by atoms with Gasteiger partial charge in [0.1, 0.15) is 0 Å². The summed E-state index contributed by atoms with van der Waals surface area (Å²) in [6.07, 6.45) is 0.701. The van der Waals surface area contributed by atoms with Crippen molar-refractivity contribution in [3.05, 3.63) is 71.3 Å². The molecule has 1 unspecified atom stereocenters. The van der Waals surface area contributed by atoms with E-state index in [9.17, 15) is 15.0 Å². The van der Waals surface area contributed by atoms with Gasteiger partial charge in [-0.2, -0.15) is 0 Å². The number of rotatable bonds is 7. The third-order valence-electron chi connectivity index (χ3n) is 3.85. The molecule has 0 saturated carbocycles. The quantitative estimate of drug-likeness (QED) is 0.396. The number of hydrogen-bond acceptors (Lipinski definition) is 5. The third-order valence-corrected chi connectivity index (χ3v) is 3.85. The molecule has 0 spiro atoms. The van der Waals surface area contributed by atoms with Crippen molar-refractivity contribution in [3.8, 4) is 0 Å². The maximum absolute atomic E-state index is 11.4. The van der Waals surface area contributed by atoms with Gasteiger partial charge in [-0.3, -0.25) is 0 Å². The van der Waals surface area contributed by atoms with E-state index in [1.54, 1.807) is 36.4 Å². The second kappa shape index (κ2) is 10.1. The fourth-order valence-corrected chi connectivity index (χ4v) is 2.44. The van der Waals surface area contributed by atoms with Crippen molar-refractivity contribution < 1.29 is 19.7 Å². The van der Waals surface area contributed by atoms with Crippen LogP contribution < -0.4 is 5.32 Å². The van der Waals surface area contributed by atoms with E-state index in [1.807, 2.05) is 25.1 Å². The minimum atomic E-state index is -1.91. The molecule has 0 aliphatic heterocycles. The van der Waals surface area contributed by atoms with Crippen LogP contribution in [0, 0.1) is 0 Å². The topological polar surface area (TPSA) is 78.8 Å². The summed E-state index contributed by atoms with van der Waals surface area (Å²) in [5, 5.41) is 23.5. The first-order valence-corrected chi connectivity index (χ1v) is 7.83. The van der Waals surface area contributed by atoms with E-state index in [4.69, 9.17) is 0 Å². The van der Waals surface area contributed by atoms with E-state index in [1.165, 1.54) is 7.11 Å². The van der Waals surface area contributed by atoms with E-state index in [-0.39, 0.29) is 48.1 Å². The summed E-state index contributed by atoms with van der Waals surface area (Å²) < 4.78 is 4.67. The average molecular weight is 353 g/mol. The predicted molar refractivity (Wildman–Crippen MR) is 98.7 cm³/mol. The van der Waals surface area contributed by atoms with Gasteiger partial charge in [-0.1, -0.05) is 42.5 Å². The van der Waals surface area contributed by atoms with Crippen molar-refractivity contribution in [2.45, 2.75) is 25.2 Å². The Morgan fingerprint density at radius 2 is 1.72 bits per heavy atom. The fraction of sp³-hybridized carbons (Fsp3) is 0.316. The van der Waals surface area contributed by atoms with Crippen molar-refractivity contribution in [1.82, 2.24) is 5.32 Å². The van der Waals surface area contributed by atoms with Crippen LogP contribution in [0.5, 0.6) is 0 Å². The van der Waals surface area contributed by atoms with E-state index < -0.39 is 5.79 Å². The van der Waals surface area contributed by atoms with Gasteiger partial charge in [-0.25, -0.2) is 4.79 Å². The molecule has 1 atom stereocenters. The average Bonchev–Trinajstić information content (AvgIpc) is 2.61. The van der Waals surface area contributed by atoms with Crippen LogP contribution in [0.2, 0.25) is 0 Å². The SMILES string of the molecule is COC(=O)c1ccc(CC(C)NCC(O)(O)c2ccccc2)cc1.[NaH]. The zero-order valence-electron chi connectivity index (χ0n) is 13.9. The summed E-state index contributed by atoms with van der Waals surface area (Å²) >= 11 is 0. The van der Waals surface area contributed by atoms with E-state index in [2.05, 4.69) is 10.1 Å². The molecule has 25 heavy (non-hydrogen) atoms. The zero-order valence-corrected chi connectivity index (χ0v) is 13.9. The standard InChI is InChI=1S/C19H23NO4.Na.H/c1-14(12-15-8-10-16(11-9-15)18(21)24-2)20-13-19(22,23)17-6-4-3-5-7-17;;/h3-11,14,20,22-23H,12-13H2,1-2H3;;. The first-order valence-electron chi connectivity index (χ1n) is 7.83. The van der Waals surface area contributed by atoms with Crippen LogP contribution in [-0.4, -0.2) is 65.4 Å². The number of ether oxygens (including phenoxy) is 1. The molecular weight excluding hydrogens is 329 g/mol. The Morgan fingerprint density at radius 3 is 2.28 bits per heavy atom. The number of carbonyl (C=O) groups excluding carboxylic acids is 1. The molecule has 0 heterocycles. The molecule has 0 radical (unpaired) electrons. The van der Waals surface area contributed by atoms with Crippen LogP contribution in [0.4, 0.5) is 0 Å². The summed E-state index contributed by atoms with van der Waals surface area (Å²) in [6, 6.07) is 15.9. The molecule has 0 aliphatic rings. The Labute approximate surface area is 170 Å².